The van der Waals surface area contributed by atoms with Gasteiger partial charge in [0.05, 0.1) is 17.6 Å². The van der Waals surface area contributed by atoms with Crippen molar-refractivity contribution < 1.29 is 9.18 Å². The van der Waals surface area contributed by atoms with Crippen LogP contribution in [0.2, 0.25) is 0 Å². The number of anilines is 2. The summed E-state index contributed by atoms with van der Waals surface area (Å²) >= 11 is 0. The predicted molar refractivity (Wildman–Crippen MR) is 97.0 cm³/mol. The van der Waals surface area contributed by atoms with E-state index in [-0.39, 0.29) is 17.2 Å². The minimum atomic E-state index is -0.391. The van der Waals surface area contributed by atoms with E-state index in [1.54, 1.807) is 13.0 Å². The van der Waals surface area contributed by atoms with Gasteiger partial charge in [0.2, 0.25) is 0 Å². The van der Waals surface area contributed by atoms with Gasteiger partial charge >= 0.3 is 0 Å². The molecule has 1 aromatic carbocycles. The largest absolute Gasteiger partial charge is 0.383 e. The second-order valence-corrected chi connectivity index (χ2v) is 5.82. The summed E-state index contributed by atoms with van der Waals surface area (Å²) in [6, 6.07) is 7.06. The van der Waals surface area contributed by atoms with Crippen LogP contribution in [0, 0.1) is 25.1 Å². The van der Waals surface area contributed by atoms with Crippen LogP contribution in [-0.2, 0) is 0 Å². The Bertz CT molecular complexity index is 993. The Morgan fingerprint density at radius 3 is 2.58 bits per heavy atom. The molecule has 2 heterocycles. The molecule has 0 aliphatic rings. The van der Waals surface area contributed by atoms with Crippen molar-refractivity contribution in [1.82, 2.24) is 15.2 Å². The van der Waals surface area contributed by atoms with Crippen LogP contribution in [0.15, 0.2) is 36.5 Å². The summed E-state index contributed by atoms with van der Waals surface area (Å²) in [7, 11) is 0. The van der Waals surface area contributed by atoms with E-state index in [1.165, 1.54) is 30.5 Å². The van der Waals surface area contributed by atoms with E-state index in [1.807, 2.05) is 6.92 Å². The molecule has 26 heavy (non-hydrogen) atoms. The van der Waals surface area contributed by atoms with E-state index in [4.69, 9.17) is 11.1 Å². The first-order chi connectivity index (χ1) is 12.4. The molecule has 0 fully saturated rings. The Hall–Kier alpha value is -3.55. The van der Waals surface area contributed by atoms with Crippen molar-refractivity contribution in [2.75, 3.05) is 11.1 Å². The molecule has 0 aliphatic carbocycles. The van der Waals surface area contributed by atoms with Crippen molar-refractivity contribution in [3.8, 4) is 0 Å². The molecule has 0 saturated carbocycles. The number of aryl methyl sites for hydroxylation is 1. The van der Waals surface area contributed by atoms with Crippen LogP contribution in [0.5, 0.6) is 0 Å². The highest BCUT2D eigenvalue weighted by Gasteiger charge is 2.16. The minimum Gasteiger partial charge on any atom is -0.383 e. The van der Waals surface area contributed by atoms with E-state index < -0.39 is 11.7 Å². The molecule has 2 aromatic heterocycles. The number of nitrogens with two attached hydrogens (primary N) is 1. The first kappa shape index (κ1) is 17.3. The number of hydrogen-bond acceptors (Lipinski definition) is 5. The third-order valence-corrected chi connectivity index (χ3v) is 4.05. The fourth-order valence-corrected chi connectivity index (χ4v) is 2.41. The summed E-state index contributed by atoms with van der Waals surface area (Å²) in [4.78, 5) is 16.4. The molecule has 7 nitrogen and oxygen atoms in total. The molecule has 0 atom stereocenters. The lowest BCUT2D eigenvalue weighted by atomic mass is 10.0. The highest BCUT2D eigenvalue weighted by Crippen LogP contribution is 2.20. The Labute approximate surface area is 149 Å². The number of benzene rings is 1. The Balaban J connectivity index is 1.88. The molecule has 3 rings (SSSR count). The zero-order valence-electron chi connectivity index (χ0n) is 14.2. The molecular formula is C18H17FN6O. The lowest BCUT2D eigenvalue weighted by Crippen LogP contribution is -2.15. The van der Waals surface area contributed by atoms with Crippen LogP contribution in [0.1, 0.15) is 32.9 Å². The minimum absolute atomic E-state index is 0.0814. The van der Waals surface area contributed by atoms with E-state index in [2.05, 4.69) is 20.5 Å². The van der Waals surface area contributed by atoms with Gasteiger partial charge in [-0.3, -0.25) is 15.3 Å². The first-order valence-electron chi connectivity index (χ1n) is 7.80. The maximum absolute atomic E-state index is 13.1. The molecule has 3 aromatic rings. The molecule has 0 aliphatic heterocycles. The number of pyridine rings is 1. The monoisotopic (exact) mass is 352 g/mol. The van der Waals surface area contributed by atoms with Gasteiger partial charge in [-0.15, -0.1) is 0 Å². The fourth-order valence-electron chi connectivity index (χ4n) is 2.41. The van der Waals surface area contributed by atoms with Crippen molar-refractivity contribution in [2.24, 2.45) is 0 Å². The molecule has 0 radical (unpaired) electrons. The van der Waals surface area contributed by atoms with Crippen molar-refractivity contribution in [1.29, 1.82) is 5.41 Å². The van der Waals surface area contributed by atoms with Crippen LogP contribution in [0.3, 0.4) is 0 Å². The zero-order chi connectivity index (χ0) is 18.8. The van der Waals surface area contributed by atoms with E-state index in [0.29, 0.717) is 16.8 Å². The molecule has 0 spiro atoms. The molecule has 0 unspecified atom stereocenters. The van der Waals surface area contributed by atoms with Gasteiger partial charge in [0.25, 0.3) is 5.91 Å². The SMILES string of the molecule is Cc1[nH]nc(C(=O)Nc2cnc(N)c(C(=N)c3ccc(F)cc3)c2)c1C. The molecule has 0 bridgehead atoms. The molecule has 8 heteroatoms. The number of carbonyl (C=O) groups is 1. The predicted octanol–water partition coefficient (Wildman–Crippen LogP) is 2.81. The Morgan fingerprint density at radius 2 is 1.96 bits per heavy atom. The van der Waals surface area contributed by atoms with Gasteiger partial charge in [0, 0.05) is 22.4 Å². The second-order valence-electron chi connectivity index (χ2n) is 5.82. The fraction of sp³-hybridized carbons (Fsp3) is 0.111. The number of carbonyl (C=O) groups excluding carboxylic acids is 1. The summed E-state index contributed by atoms with van der Waals surface area (Å²) in [5.74, 6) is -0.639. The van der Waals surface area contributed by atoms with Gasteiger partial charge in [0.1, 0.15) is 11.6 Å². The average molecular weight is 352 g/mol. The number of rotatable bonds is 4. The number of nitrogens with zero attached hydrogens (tertiary/aromatic N) is 2. The number of nitrogen functional groups attached to an aromatic ring is 1. The first-order valence-corrected chi connectivity index (χ1v) is 7.80. The van der Waals surface area contributed by atoms with E-state index in [0.717, 1.165) is 11.3 Å². The second kappa shape index (κ2) is 6.75. The molecular weight excluding hydrogens is 335 g/mol. The van der Waals surface area contributed by atoms with Gasteiger partial charge in [-0.25, -0.2) is 9.37 Å². The molecule has 5 N–H and O–H groups in total. The van der Waals surface area contributed by atoms with Crippen LogP contribution < -0.4 is 11.1 Å². The lowest BCUT2D eigenvalue weighted by Gasteiger charge is -2.10. The van der Waals surface area contributed by atoms with Crippen molar-refractivity contribution in [3.63, 3.8) is 0 Å². The Morgan fingerprint density at radius 1 is 1.27 bits per heavy atom. The number of aromatic amines is 1. The average Bonchev–Trinajstić information content (AvgIpc) is 2.96. The smallest absolute Gasteiger partial charge is 0.276 e. The van der Waals surface area contributed by atoms with Gasteiger partial charge in [0.15, 0.2) is 5.69 Å². The van der Waals surface area contributed by atoms with Crippen LogP contribution in [-0.4, -0.2) is 26.8 Å². The van der Waals surface area contributed by atoms with Crippen molar-refractivity contribution in [2.45, 2.75) is 13.8 Å². The highest BCUT2D eigenvalue weighted by molar-refractivity contribution is 6.14. The molecule has 132 valence electrons. The van der Waals surface area contributed by atoms with Crippen molar-refractivity contribution >= 4 is 23.1 Å². The number of amides is 1. The van der Waals surface area contributed by atoms with Gasteiger partial charge < -0.3 is 11.1 Å². The van der Waals surface area contributed by atoms with E-state index in [9.17, 15) is 9.18 Å². The third-order valence-electron chi connectivity index (χ3n) is 4.05. The summed E-state index contributed by atoms with van der Waals surface area (Å²) in [5, 5.41) is 17.7. The van der Waals surface area contributed by atoms with Crippen LogP contribution >= 0.6 is 0 Å². The zero-order valence-corrected chi connectivity index (χ0v) is 14.2. The summed E-state index contributed by atoms with van der Waals surface area (Å²) in [6.07, 6.45) is 1.41. The number of nitrogens with one attached hydrogen (secondary N) is 3. The van der Waals surface area contributed by atoms with E-state index >= 15 is 0 Å². The standard InChI is InChI=1S/C18H17FN6O/c1-9-10(2)24-25-16(9)18(26)23-13-7-14(17(21)22-8-13)15(20)11-3-5-12(19)6-4-11/h3-8,20H,1-2H3,(H2,21,22)(H,23,26)(H,24,25). The maximum atomic E-state index is 13.1. The number of aromatic nitrogens is 3. The summed E-state index contributed by atoms with van der Waals surface area (Å²) < 4.78 is 13.1. The number of hydrogen-bond donors (Lipinski definition) is 4. The highest BCUT2D eigenvalue weighted by atomic mass is 19.1. The van der Waals surface area contributed by atoms with Gasteiger partial charge in [-0.2, -0.15) is 5.10 Å². The van der Waals surface area contributed by atoms with Gasteiger partial charge in [-0.1, -0.05) is 0 Å². The maximum Gasteiger partial charge on any atom is 0.276 e. The van der Waals surface area contributed by atoms with Crippen molar-refractivity contribution in [3.05, 3.63) is 70.4 Å². The summed E-state index contributed by atoms with van der Waals surface area (Å²) in [5.41, 5.74) is 9.01. The number of halogens is 1. The molecule has 1 amide bonds. The van der Waals surface area contributed by atoms with Crippen LogP contribution in [0.25, 0.3) is 0 Å². The number of H-pyrrole nitrogens is 1. The summed E-state index contributed by atoms with van der Waals surface area (Å²) in [6.45, 7) is 3.62. The lowest BCUT2D eigenvalue weighted by molar-refractivity contribution is 0.102. The third kappa shape index (κ3) is 3.30. The quantitative estimate of drug-likeness (QED) is 0.540. The topological polar surface area (TPSA) is 121 Å². The molecule has 0 saturated heterocycles. The Kier molecular flexibility index (Phi) is 4.49. The van der Waals surface area contributed by atoms with Crippen LogP contribution in [0.4, 0.5) is 15.9 Å². The van der Waals surface area contributed by atoms with Gasteiger partial charge in [-0.05, 0) is 44.2 Å². The normalized spacial score (nSPS) is 10.6.